The van der Waals surface area contributed by atoms with E-state index < -0.39 is 0 Å². The molecular weight excluding hydrogens is 300 g/mol. The largest absolute Gasteiger partial charge is 0.379 e. The SMILES string of the molecule is c1cnn(C2CCN(c3ccc(CN4CCOCC4)cc3)CC2)c1. The summed E-state index contributed by atoms with van der Waals surface area (Å²) in [7, 11) is 0. The van der Waals surface area contributed by atoms with E-state index in [4.69, 9.17) is 4.74 Å². The van der Waals surface area contributed by atoms with Gasteiger partial charge in [0, 0.05) is 50.8 Å². The Morgan fingerprint density at radius 1 is 1.00 bits per heavy atom. The Bertz CT molecular complexity index is 611. The molecule has 0 unspecified atom stereocenters. The number of hydrogen-bond acceptors (Lipinski definition) is 4. The minimum atomic E-state index is 0.553. The highest BCUT2D eigenvalue weighted by molar-refractivity contribution is 5.48. The maximum absolute atomic E-state index is 5.42. The first-order valence-electron chi connectivity index (χ1n) is 9.01. The number of nitrogens with zero attached hydrogens (tertiary/aromatic N) is 4. The van der Waals surface area contributed by atoms with Gasteiger partial charge in [-0.25, -0.2) is 0 Å². The molecule has 1 aromatic carbocycles. The molecule has 0 atom stereocenters. The zero-order valence-electron chi connectivity index (χ0n) is 14.2. The number of benzene rings is 1. The first-order chi connectivity index (χ1) is 11.9. The zero-order chi connectivity index (χ0) is 16.2. The molecule has 24 heavy (non-hydrogen) atoms. The fourth-order valence-electron chi connectivity index (χ4n) is 3.71. The van der Waals surface area contributed by atoms with Gasteiger partial charge in [0.05, 0.1) is 19.3 Å². The molecule has 2 saturated heterocycles. The van der Waals surface area contributed by atoms with Crippen LogP contribution < -0.4 is 4.90 Å². The zero-order valence-corrected chi connectivity index (χ0v) is 14.2. The molecule has 0 bridgehead atoms. The van der Waals surface area contributed by atoms with Crippen LogP contribution in [-0.2, 0) is 11.3 Å². The second kappa shape index (κ2) is 7.36. The van der Waals surface area contributed by atoms with Crippen LogP contribution in [0.25, 0.3) is 0 Å². The van der Waals surface area contributed by atoms with E-state index in [9.17, 15) is 0 Å². The molecule has 5 nitrogen and oxygen atoms in total. The Morgan fingerprint density at radius 2 is 1.75 bits per heavy atom. The summed E-state index contributed by atoms with van der Waals surface area (Å²) in [6.45, 7) is 7.06. The summed E-state index contributed by atoms with van der Waals surface area (Å²) in [4.78, 5) is 4.96. The first kappa shape index (κ1) is 15.7. The third-order valence-electron chi connectivity index (χ3n) is 5.17. The molecule has 5 heteroatoms. The van der Waals surface area contributed by atoms with E-state index in [1.807, 2.05) is 12.3 Å². The van der Waals surface area contributed by atoms with Gasteiger partial charge in [-0.05, 0) is 36.6 Å². The highest BCUT2D eigenvalue weighted by Gasteiger charge is 2.21. The fraction of sp³-hybridized carbons (Fsp3) is 0.526. The Labute approximate surface area is 143 Å². The normalized spacial score (nSPS) is 20.4. The molecular formula is C19H26N4O. The van der Waals surface area contributed by atoms with E-state index in [2.05, 4.69) is 50.0 Å². The summed E-state index contributed by atoms with van der Waals surface area (Å²) in [6, 6.07) is 11.7. The monoisotopic (exact) mass is 326 g/mol. The maximum atomic E-state index is 5.42. The molecule has 0 spiro atoms. The molecule has 0 amide bonds. The smallest absolute Gasteiger partial charge is 0.0594 e. The number of aromatic nitrogens is 2. The van der Waals surface area contributed by atoms with Crippen LogP contribution in [0.3, 0.4) is 0 Å². The van der Waals surface area contributed by atoms with Crippen molar-refractivity contribution in [2.45, 2.75) is 25.4 Å². The predicted molar refractivity (Wildman–Crippen MR) is 95.2 cm³/mol. The van der Waals surface area contributed by atoms with Gasteiger partial charge in [0.25, 0.3) is 0 Å². The molecule has 2 aromatic rings. The lowest BCUT2D eigenvalue weighted by atomic mass is 10.0. The van der Waals surface area contributed by atoms with Gasteiger partial charge in [-0.2, -0.15) is 5.10 Å². The van der Waals surface area contributed by atoms with E-state index in [-0.39, 0.29) is 0 Å². The molecule has 3 heterocycles. The van der Waals surface area contributed by atoms with Crippen molar-refractivity contribution in [3.63, 3.8) is 0 Å². The molecule has 0 N–H and O–H groups in total. The second-order valence-corrected chi connectivity index (χ2v) is 6.76. The van der Waals surface area contributed by atoms with Crippen molar-refractivity contribution in [3.8, 4) is 0 Å². The average Bonchev–Trinajstić information content (AvgIpc) is 3.18. The van der Waals surface area contributed by atoms with E-state index in [0.29, 0.717) is 6.04 Å². The summed E-state index contributed by atoms with van der Waals surface area (Å²) < 4.78 is 7.53. The standard InChI is InChI=1S/C19H26N4O/c1-8-20-23(9-1)19-6-10-22(11-7-19)18-4-2-17(3-5-18)16-21-12-14-24-15-13-21/h1-5,8-9,19H,6-7,10-16H2. The predicted octanol–water partition coefficient (Wildman–Crippen LogP) is 2.56. The van der Waals surface area contributed by atoms with Crippen molar-refractivity contribution in [1.82, 2.24) is 14.7 Å². The summed E-state index contributed by atoms with van der Waals surface area (Å²) >= 11 is 0. The lowest BCUT2D eigenvalue weighted by molar-refractivity contribution is 0.0342. The van der Waals surface area contributed by atoms with Crippen molar-refractivity contribution in [2.75, 3.05) is 44.3 Å². The third kappa shape index (κ3) is 3.62. The Morgan fingerprint density at radius 3 is 2.42 bits per heavy atom. The van der Waals surface area contributed by atoms with E-state index in [1.165, 1.54) is 11.3 Å². The number of morpholine rings is 1. The van der Waals surface area contributed by atoms with Gasteiger partial charge < -0.3 is 9.64 Å². The molecule has 0 radical (unpaired) electrons. The van der Waals surface area contributed by atoms with Crippen molar-refractivity contribution >= 4 is 5.69 Å². The molecule has 4 rings (SSSR count). The van der Waals surface area contributed by atoms with Gasteiger partial charge in [0.2, 0.25) is 0 Å². The van der Waals surface area contributed by atoms with E-state index >= 15 is 0 Å². The van der Waals surface area contributed by atoms with Crippen molar-refractivity contribution in [2.24, 2.45) is 0 Å². The fourth-order valence-corrected chi connectivity index (χ4v) is 3.71. The van der Waals surface area contributed by atoms with Crippen LogP contribution in [0.2, 0.25) is 0 Å². The van der Waals surface area contributed by atoms with Crippen molar-refractivity contribution < 1.29 is 4.74 Å². The molecule has 0 aliphatic carbocycles. The summed E-state index contributed by atoms with van der Waals surface area (Å²) in [5, 5.41) is 4.39. The third-order valence-corrected chi connectivity index (χ3v) is 5.17. The van der Waals surface area contributed by atoms with Crippen LogP contribution in [-0.4, -0.2) is 54.1 Å². The molecule has 128 valence electrons. The van der Waals surface area contributed by atoms with Gasteiger partial charge in [-0.3, -0.25) is 9.58 Å². The average molecular weight is 326 g/mol. The minimum Gasteiger partial charge on any atom is -0.379 e. The molecule has 2 aliphatic rings. The lowest BCUT2D eigenvalue weighted by Crippen LogP contribution is -2.36. The van der Waals surface area contributed by atoms with Gasteiger partial charge >= 0.3 is 0 Å². The van der Waals surface area contributed by atoms with Crippen molar-refractivity contribution in [3.05, 3.63) is 48.3 Å². The van der Waals surface area contributed by atoms with Gasteiger partial charge in [-0.1, -0.05) is 12.1 Å². The number of piperidine rings is 1. The van der Waals surface area contributed by atoms with Crippen LogP contribution in [0.15, 0.2) is 42.7 Å². The van der Waals surface area contributed by atoms with Crippen LogP contribution in [0.4, 0.5) is 5.69 Å². The topological polar surface area (TPSA) is 33.5 Å². The maximum Gasteiger partial charge on any atom is 0.0594 e. The molecule has 0 saturated carbocycles. The number of ether oxygens (including phenoxy) is 1. The summed E-state index contributed by atoms with van der Waals surface area (Å²) in [6.07, 6.45) is 6.29. The first-order valence-corrected chi connectivity index (χ1v) is 9.01. The van der Waals surface area contributed by atoms with E-state index in [0.717, 1.165) is 58.8 Å². The van der Waals surface area contributed by atoms with E-state index in [1.54, 1.807) is 0 Å². The number of anilines is 1. The lowest BCUT2D eigenvalue weighted by Gasteiger charge is -2.34. The van der Waals surface area contributed by atoms with Crippen LogP contribution in [0.5, 0.6) is 0 Å². The van der Waals surface area contributed by atoms with Gasteiger partial charge in [-0.15, -0.1) is 0 Å². The van der Waals surface area contributed by atoms with Crippen LogP contribution in [0.1, 0.15) is 24.4 Å². The quantitative estimate of drug-likeness (QED) is 0.865. The van der Waals surface area contributed by atoms with Gasteiger partial charge in [0.15, 0.2) is 0 Å². The second-order valence-electron chi connectivity index (χ2n) is 6.76. The molecule has 2 fully saturated rings. The molecule has 1 aromatic heterocycles. The van der Waals surface area contributed by atoms with Crippen LogP contribution >= 0.6 is 0 Å². The minimum absolute atomic E-state index is 0.553. The van der Waals surface area contributed by atoms with Crippen molar-refractivity contribution in [1.29, 1.82) is 0 Å². The number of rotatable bonds is 4. The Balaban J connectivity index is 1.32. The Hall–Kier alpha value is -1.85. The summed E-state index contributed by atoms with van der Waals surface area (Å²) in [5.74, 6) is 0. The number of hydrogen-bond donors (Lipinski definition) is 0. The van der Waals surface area contributed by atoms with Gasteiger partial charge in [0.1, 0.15) is 0 Å². The highest BCUT2D eigenvalue weighted by Crippen LogP contribution is 2.26. The highest BCUT2D eigenvalue weighted by atomic mass is 16.5. The molecule has 2 aliphatic heterocycles. The summed E-state index contributed by atoms with van der Waals surface area (Å²) in [5.41, 5.74) is 2.74. The Kier molecular flexibility index (Phi) is 4.81. The van der Waals surface area contributed by atoms with Crippen LogP contribution in [0, 0.1) is 0 Å².